The number of benzene rings is 2. The van der Waals surface area contributed by atoms with E-state index >= 15 is 0 Å². The first-order chi connectivity index (χ1) is 10.2. The molecule has 1 N–H and O–H groups in total. The zero-order chi connectivity index (χ0) is 15.1. The van der Waals surface area contributed by atoms with Crippen molar-refractivity contribution < 1.29 is 4.79 Å². The van der Waals surface area contributed by atoms with Gasteiger partial charge in [-0.3, -0.25) is 4.79 Å². The van der Waals surface area contributed by atoms with E-state index in [4.69, 9.17) is 0 Å². The molecule has 0 spiro atoms. The summed E-state index contributed by atoms with van der Waals surface area (Å²) in [7, 11) is 0. The highest BCUT2D eigenvalue weighted by Crippen LogP contribution is 2.27. The van der Waals surface area contributed by atoms with E-state index in [1.807, 2.05) is 48.5 Å². The average Bonchev–Trinajstić information content (AvgIpc) is 2.54. The van der Waals surface area contributed by atoms with Gasteiger partial charge in [0.05, 0.1) is 5.54 Å². The summed E-state index contributed by atoms with van der Waals surface area (Å²) < 4.78 is 0. The molecule has 0 radical (unpaired) electrons. The minimum atomic E-state index is -0.329. The first kappa shape index (κ1) is 15.3. The molecule has 1 amide bonds. The molecule has 2 nitrogen and oxygen atoms in total. The number of carbonyl (C=O) groups is 1. The van der Waals surface area contributed by atoms with E-state index in [1.54, 1.807) is 0 Å². The minimum Gasteiger partial charge on any atom is -0.343 e. The lowest BCUT2D eigenvalue weighted by atomic mass is 9.86. The molecule has 1 atom stereocenters. The number of hydrogen-bond acceptors (Lipinski definition) is 1. The molecule has 0 aliphatic heterocycles. The second kappa shape index (κ2) is 7.07. The number of nitrogens with one attached hydrogen (secondary N) is 1. The number of amides is 1. The maximum atomic E-state index is 12.5. The van der Waals surface area contributed by atoms with Crippen molar-refractivity contribution in [1.29, 1.82) is 0 Å². The Hall–Kier alpha value is -2.09. The van der Waals surface area contributed by atoms with E-state index in [2.05, 4.69) is 31.3 Å². The number of carbonyl (C=O) groups excluding carboxylic acids is 1. The highest BCUT2D eigenvalue weighted by Gasteiger charge is 2.28. The van der Waals surface area contributed by atoms with Crippen LogP contribution in [0.1, 0.15) is 49.0 Å². The lowest BCUT2D eigenvalue weighted by molar-refractivity contribution is 0.0898. The van der Waals surface area contributed by atoms with Gasteiger partial charge in [0.2, 0.25) is 0 Å². The van der Waals surface area contributed by atoms with Gasteiger partial charge >= 0.3 is 0 Å². The summed E-state index contributed by atoms with van der Waals surface area (Å²) in [4.78, 5) is 12.5. The van der Waals surface area contributed by atoms with Crippen LogP contribution in [-0.2, 0) is 5.54 Å². The fraction of sp³-hybridized carbons (Fsp3) is 0.316. The van der Waals surface area contributed by atoms with Gasteiger partial charge in [-0.15, -0.1) is 0 Å². The Morgan fingerprint density at radius 1 is 1.00 bits per heavy atom. The number of hydrogen-bond donors (Lipinski definition) is 1. The number of unbranched alkanes of at least 4 members (excludes halogenated alkanes) is 1. The van der Waals surface area contributed by atoms with Crippen molar-refractivity contribution in [2.45, 2.75) is 38.6 Å². The Morgan fingerprint density at radius 3 is 2.14 bits per heavy atom. The molecule has 0 aromatic heterocycles. The van der Waals surface area contributed by atoms with Crippen molar-refractivity contribution in [2.75, 3.05) is 0 Å². The van der Waals surface area contributed by atoms with Crippen LogP contribution in [0.15, 0.2) is 60.7 Å². The van der Waals surface area contributed by atoms with Crippen LogP contribution < -0.4 is 5.32 Å². The van der Waals surface area contributed by atoms with Crippen LogP contribution in [0, 0.1) is 0 Å². The maximum Gasteiger partial charge on any atom is 0.251 e. The summed E-state index contributed by atoms with van der Waals surface area (Å²) in [6.07, 6.45) is 3.14. The van der Waals surface area contributed by atoms with Crippen molar-refractivity contribution >= 4 is 5.91 Å². The van der Waals surface area contributed by atoms with Crippen LogP contribution in [0.3, 0.4) is 0 Å². The average molecular weight is 281 g/mol. The molecule has 0 saturated heterocycles. The second-order valence-corrected chi connectivity index (χ2v) is 5.62. The largest absolute Gasteiger partial charge is 0.343 e. The lowest BCUT2D eigenvalue weighted by Crippen LogP contribution is -2.43. The predicted molar refractivity (Wildman–Crippen MR) is 87.2 cm³/mol. The highest BCUT2D eigenvalue weighted by molar-refractivity contribution is 5.94. The molecule has 2 rings (SSSR count). The van der Waals surface area contributed by atoms with Gasteiger partial charge in [0.25, 0.3) is 5.91 Å². The monoisotopic (exact) mass is 281 g/mol. The third-order valence-electron chi connectivity index (χ3n) is 3.87. The first-order valence-corrected chi connectivity index (χ1v) is 7.59. The minimum absolute atomic E-state index is 0.0157. The van der Waals surface area contributed by atoms with Crippen LogP contribution in [0.25, 0.3) is 0 Å². The molecule has 2 aromatic rings. The van der Waals surface area contributed by atoms with Gasteiger partial charge in [-0.05, 0) is 31.0 Å². The molecule has 0 saturated carbocycles. The molecular weight excluding hydrogens is 258 g/mol. The smallest absolute Gasteiger partial charge is 0.251 e. The molecule has 110 valence electrons. The standard InChI is InChI=1S/C19H23NO/c1-3-4-15-19(2,17-13-9-6-10-14-17)20-18(21)16-11-7-5-8-12-16/h5-14H,3-4,15H2,1-2H3,(H,20,21)/t19-/m0/s1. The molecule has 0 unspecified atom stereocenters. The molecule has 0 aliphatic carbocycles. The maximum absolute atomic E-state index is 12.5. The molecule has 0 fully saturated rings. The fourth-order valence-corrected chi connectivity index (χ4v) is 2.53. The van der Waals surface area contributed by atoms with E-state index in [9.17, 15) is 4.79 Å². The van der Waals surface area contributed by atoms with E-state index in [0.717, 1.165) is 24.8 Å². The van der Waals surface area contributed by atoms with Crippen LogP contribution in [0.5, 0.6) is 0 Å². The van der Waals surface area contributed by atoms with Gasteiger partial charge in [-0.2, -0.15) is 0 Å². The zero-order valence-corrected chi connectivity index (χ0v) is 12.8. The Morgan fingerprint density at radius 2 is 1.57 bits per heavy atom. The number of rotatable bonds is 6. The summed E-state index contributed by atoms with van der Waals surface area (Å²) in [5.41, 5.74) is 1.53. The second-order valence-electron chi connectivity index (χ2n) is 5.62. The van der Waals surface area contributed by atoms with Gasteiger partial charge in [0, 0.05) is 5.56 Å². The molecular formula is C19H23NO. The van der Waals surface area contributed by atoms with Crippen molar-refractivity contribution in [3.05, 3.63) is 71.8 Å². The normalized spacial score (nSPS) is 13.4. The summed E-state index contributed by atoms with van der Waals surface area (Å²) >= 11 is 0. The summed E-state index contributed by atoms with van der Waals surface area (Å²) in [5, 5.41) is 3.22. The van der Waals surface area contributed by atoms with E-state index in [-0.39, 0.29) is 11.4 Å². The third-order valence-corrected chi connectivity index (χ3v) is 3.87. The summed E-state index contributed by atoms with van der Waals surface area (Å²) in [5.74, 6) is -0.0157. The van der Waals surface area contributed by atoms with Crippen molar-refractivity contribution in [2.24, 2.45) is 0 Å². The lowest BCUT2D eigenvalue weighted by Gasteiger charge is -2.31. The van der Waals surface area contributed by atoms with E-state index in [0.29, 0.717) is 5.56 Å². The summed E-state index contributed by atoms with van der Waals surface area (Å²) in [6, 6.07) is 19.6. The summed E-state index contributed by atoms with van der Waals surface area (Å²) in [6.45, 7) is 4.28. The molecule has 2 heteroatoms. The van der Waals surface area contributed by atoms with E-state index in [1.165, 1.54) is 0 Å². The Labute approximate surface area is 127 Å². The van der Waals surface area contributed by atoms with Gasteiger partial charge in [-0.25, -0.2) is 0 Å². The topological polar surface area (TPSA) is 29.1 Å². The Kier molecular flexibility index (Phi) is 5.15. The van der Waals surface area contributed by atoms with Crippen molar-refractivity contribution in [3.8, 4) is 0 Å². The predicted octanol–water partition coefficient (Wildman–Crippen LogP) is 4.52. The molecule has 0 bridgehead atoms. The van der Waals surface area contributed by atoms with Crippen LogP contribution >= 0.6 is 0 Å². The van der Waals surface area contributed by atoms with E-state index < -0.39 is 0 Å². The molecule has 2 aromatic carbocycles. The van der Waals surface area contributed by atoms with Crippen LogP contribution in [-0.4, -0.2) is 5.91 Å². The van der Waals surface area contributed by atoms with Crippen molar-refractivity contribution in [3.63, 3.8) is 0 Å². The SMILES string of the molecule is CCCC[C@](C)(NC(=O)c1ccccc1)c1ccccc1. The van der Waals surface area contributed by atoms with Gasteiger partial charge in [0.1, 0.15) is 0 Å². The van der Waals surface area contributed by atoms with Gasteiger partial charge < -0.3 is 5.32 Å². The third kappa shape index (κ3) is 3.94. The quantitative estimate of drug-likeness (QED) is 0.828. The van der Waals surface area contributed by atoms with Gasteiger partial charge in [-0.1, -0.05) is 68.3 Å². The van der Waals surface area contributed by atoms with Crippen molar-refractivity contribution in [1.82, 2.24) is 5.32 Å². The molecule has 0 heterocycles. The first-order valence-electron chi connectivity index (χ1n) is 7.59. The molecule has 0 aliphatic rings. The van der Waals surface area contributed by atoms with Gasteiger partial charge in [0.15, 0.2) is 0 Å². The molecule has 21 heavy (non-hydrogen) atoms. The zero-order valence-electron chi connectivity index (χ0n) is 12.8. The Balaban J connectivity index is 2.22. The fourth-order valence-electron chi connectivity index (χ4n) is 2.53. The van der Waals surface area contributed by atoms with Crippen LogP contribution in [0.4, 0.5) is 0 Å². The van der Waals surface area contributed by atoms with Crippen LogP contribution in [0.2, 0.25) is 0 Å². The Bertz CT molecular complexity index is 565. The highest BCUT2D eigenvalue weighted by atomic mass is 16.1.